The van der Waals surface area contributed by atoms with Crippen molar-refractivity contribution < 1.29 is 9.21 Å². The summed E-state index contributed by atoms with van der Waals surface area (Å²) in [6, 6.07) is 22.6. The average Bonchev–Trinajstić information content (AvgIpc) is 3.39. The number of rotatable bonds is 7. The molecule has 7 nitrogen and oxygen atoms in total. The van der Waals surface area contributed by atoms with E-state index in [1.54, 1.807) is 16.8 Å². The largest absolute Gasteiger partial charge is 0.454 e. The lowest BCUT2D eigenvalue weighted by Crippen LogP contribution is -2.16. The lowest BCUT2D eigenvalue weighted by molar-refractivity contribution is 0.0926. The molecule has 156 valence electrons. The molecule has 1 amide bonds. The normalized spacial score (nSPS) is 11.0. The molecule has 8 heteroatoms. The van der Waals surface area contributed by atoms with E-state index < -0.39 is 5.91 Å². The van der Waals surface area contributed by atoms with Gasteiger partial charge in [0.1, 0.15) is 10.9 Å². The van der Waals surface area contributed by atoms with Crippen LogP contribution in [0.1, 0.15) is 27.6 Å². The Bertz CT molecular complexity index is 1200. The van der Waals surface area contributed by atoms with Gasteiger partial charge in [0, 0.05) is 5.69 Å². The van der Waals surface area contributed by atoms with Crippen LogP contribution in [0.3, 0.4) is 0 Å². The average molecular weight is 434 g/mol. The second-order valence-corrected chi connectivity index (χ2v) is 7.08. The molecule has 0 aliphatic rings. The zero-order valence-corrected chi connectivity index (χ0v) is 17.5. The van der Waals surface area contributed by atoms with Crippen LogP contribution >= 0.6 is 11.6 Å². The molecule has 2 aromatic heterocycles. The van der Waals surface area contributed by atoms with Crippen LogP contribution < -0.4 is 10.7 Å². The number of para-hydroxylation sites is 2. The zero-order chi connectivity index (χ0) is 21.6. The Morgan fingerprint density at radius 1 is 1.10 bits per heavy atom. The maximum Gasteiger partial charge on any atom is 0.307 e. The number of aromatic nitrogens is 2. The molecule has 0 radical (unpaired) electrons. The number of hydrogen-bond donors (Lipinski definition) is 2. The SMILES string of the molecule is Cc1nn(-c2ccccc2)c(Cl)c1/C=N\NC(=O)c1ccc(CNc2ccccc2)o1. The number of hydrogen-bond acceptors (Lipinski definition) is 5. The smallest absolute Gasteiger partial charge is 0.307 e. The molecule has 0 saturated carbocycles. The topological polar surface area (TPSA) is 84.5 Å². The van der Waals surface area contributed by atoms with Crippen molar-refractivity contribution in [2.24, 2.45) is 5.10 Å². The molecule has 0 fully saturated rings. The summed E-state index contributed by atoms with van der Waals surface area (Å²) in [6.45, 7) is 2.29. The first-order chi connectivity index (χ1) is 15.1. The Morgan fingerprint density at radius 2 is 1.81 bits per heavy atom. The Morgan fingerprint density at radius 3 is 2.55 bits per heavy atom. The number of amides is 1. The van der Waals surface area contributed by atoms with Gasteiger partial charge in [0.25, 0.3) is 0 Å². The van der Waals surface area contributed by atoms with Crippen LogP contribution in [0.15, 0.2) is 82.3 Å². The van der Waals surface area contributed by atoms with Crippen LogP contribution in [0.25, 0.3) is 5.69 Å². The number of carbonyl (C=O) groups excluding carboxylic acids is 1. The Kier molecular flexibility index (Phi) is 6.14. The molecule has 0 spiro atoms. The first-order valence-electron chi connectivity index (χ1n) is 9.63. The van der Waals surface area contributed by atoms with Crippen molar-refractivity contribution in [1.82, 2.24) is 15.2 Å². The molecule has 4 aromatic rings. The fraction of sp³-hybridized carbons (Fsp3) is 0.0870. The number of benzene rings is 2. The van der Waals surface area contributed by atoms with Crippen molar-refractivity contribution in [3.8, 4) is 5.69 Å². The minimum Gasteiger partial charge on any atom is -0.454 e. The van der Waals surface area contributed by atoms with Crippen LogP contribution in [0.5, 0.6) is 0 Å². The van der Waals surface area contributed by atoms with E-state index in [2.05, 4.69) is 20.9 Å². The first-order valence-corrected chi connectivity index (χ1v) is 10.0. The van der Waals surface area contributed by atoms with Gasteiger partial charge in [-0.3, -0.25) is 4.79 Å². The summed E-state index contributed by atoms with van der Waals surface area (Å²) in [4.78, 5) is 12.3. The molecule has 0 saturated heterocycles. The zero-order valence-electron chi connectivity index (χ0n) is 16.7. The third-order valence-corrected chi connectivity index (χ3v) is 4.90. The number of nitrogens with one attached hydrogen (secondary N) is 2. The van der Waals surface area contributed by atoms with E-state index in [-0.39, 0.29) is 5.76 Å². The fourth-order valence-electron chi connectivity index (χ4n) is 2.95. The van der Waals surface area contributed by atoms with E-state index in [0.717, 1.165) is 11.4 Å². The van der Waals surface area contributed by atoms with Gasteiger partial charge in [0.15, 0.2) is 5.76 Å². The van der Waals surface area contributed by atoms with Gasteiger partial charge in [0.05, 0.1) is 29.7 Å². The van der Waals surface area contributed by atoms with Gasteiger partial charge < -0.3 is 9.73 Å². The van der Waals surface area contributed by atoms with Gasteiger partial charge in [-0.25, -0.2) is 10.1 Å². The number of aryl methyl sites for hydroxylation is 1. The summed E-state index contributed by atoms with van der Waals surface area (Å²) >= 11 is 6.46. The van der Waals surface area contributed by atoms with Crippen molar-refractivity contribution in [3.63, 3.8) is 0 Å². The van der Waals surface area contributed by atoms with E-state index in [1.165, 1.54) is 6.21 Å². The molecular weight excluding hydrogens is 414 g/mol. The van der Waals surface area contributed by atoms with Gasteiger partial charge in [-0.1, -0.05) is 48.0 Å². The summed E-state index contributed by atoms with van der Waals surface area (Å²) in [5.41, 5.74) is 5.59. The highest BCUT2D eigenvalue weighted by Gasteiger charge is 2.14. The molecule has 4 rings (SSSR count). The standard InChI is InChI=1S/C23H20ClN5O2/c1-16-20(22(24)29(28-16)18-10-6-3-7-11-18)15-26-27-23(30)21-13-12-19(31-21)14-25-17-8-4-2-5-9-17/h2-13,15,25H,14H2,1H3,(H,27,30)/b26-15-. The Hall–Kier alpha value is -3.84. The van der Waals surface area contributed by atoms with Crippen LogP contribution in [-0.2, 0) is 6.54 Å². The lowest BCUT2D eigenvalue weighted by atomic mass is 10.3. The van der Waals surface area contributed by atoms with Crippen LogP contribution in [-0.4, -0.2) is 21.9 Å². The minimum atomic E-state index is -0.452. The summed E-state index contributed by atoms with van der Waals surface area (Å²) in [5, 5.41) is 12.1. The molecule has 2 aromatic carbocycles. The number of halogens is 1. The van der Waals surface area contributed by atoms with Gasteiger partial charge in [-0.2, -0.15) is 10.2 Å². The number of furan rings is 1. The lowest BCUT2D eigenvalue weighted by Gasteiger charge is -2.03. The first kappa shape index (κ1) is 20.4. The molecule has 0 aliphatic carbocycles. The highest BCUT2D eigenvalue weighted by atomic mass is 35.5. The van der Waals surface area contributed by atoms with E-state index in [9.17, 15) is 4.79 Å². The van der Waals surface area contributed by atoms with Crippen molar-refractivity contribution in [2.75, 3.05) is 5.32 Å². The molecule has 31 heavy (non-hydrogen) atoms. The quantitative estimate of drug-likeness (QED) is 0.324. The van der Waals surface area contributed by atoms with Crippen molar-refractivity contribution in [2.45, 2.75) is 13.5 Å². The predicted molar refractivity (Wildman–Crippen MR) is 121 cm³/mol. The van der Waals surface area contributed by atoms with Crippen LogP contribution in [0.2, 0.25) is 5.15 Å². The molecule has 2 N–H and O–H groups in total. The van der Waals surface area contributed by atoms with E-state index in [0.29, 0.717) is 28.7 Å². The predicted octanol–water partition coefficient (Wildman–Crippen LogP) is 4.80. The number of hydrazone groups is 1. The van der Waals surface area contributed by atoms with Crippen molar-refractivity contribution in [3.05, 3.63) is 101 Å². The highest BCUT2D eigenvalue weighted by molar-refractivity contribution is 6.32. The van der Waals surface area contributed by atoms with E-state index >= 15 is 0 Å². The molecular formula is C23H20ClN5O2. The molecule has 0 bridgehead atoms. The van der Waals surface area contributed by atoms with E-state index in [4.69, 9.17) is 16.0 Å². The summed E-state index contributed by atoms with van der Waals surface area (Å²) in [5.74, 6) is 0.359. The van der Waals surface area contributed by atoms with Crippen LogP contribution in [0.4, 0.5) is 5.69 Å². The highest BCUT2D eigenvalue weighted by Crippen LogP contribution is 2.22. The summed E-state index contributed by atoms with van der Waals surface area (Å²) in [7, 11) is 0. The molecule has 0 aliphatic heterocycles. The van der Waals surface area contributed by atoms with Gasteiger partial charge in [-0.05, 0) is 43.3 Å². The second-order valence-electron chi connectivity index (χ2n) is 6.72. The summed E-state index contributed by atoms with van der Waals surface area (Å²) in [6.07, 6.45) is 1.48. The number of nitrogens with zero attached hydrogens (tertiary/aromatic N) is 3. The Balaban J connectivity index is 1.38. The van der Waals surface area contributed by atoms with Gasteiger partial charge >= 0.3 is 5.91 Å². The number of carbonyl (C=O) groups is 1. The maximum atomic E-state index is 12.3. The third-order valence-electron chi connectivity index (χ3n) is 4.53. The molecule has 2 heterocycles. The summed E-state index contributed by atoms with van der Waals surface area (Å²) < 4.78 is 7.21. The van der Waals surface area contributed by atoms with Gasteiger partial charge in [-0.15, -0.1) is 0 Å². The van der Waals surface area contributed by atoms with Crippen LogP contribution in [0, 0.1) is 6.92 Å². The van der Waals surface area contributed by atoms with E-state index in [1.807, 2.05) is 67.6 Å². The Labute approximate surface area is 184 Å². The third kappa shape index (κ3) is 4.84. The molecule has 0 atom stereocenters. The fourth-order valence-corrected chi connectivity index (χ4v) is 3.27. The minimum absolute atomic E-state index is 0.171. The second kappa shape index (κ2) is 9.32. The van der Waals surface area contributed by atoms with Crippen molar-refractivity contribution >= 4 is 29.4 Å². The molecule has 0 unspecified atom stereocenters. The van der Waals surface area contributed by atoms with Gasteiger partial charge in [0.2, 0.25) is 0 Å². The van der Waals surface area contributed by atoms with Crippen molar-refractivity contribution in [1.29, 1.82) is 0 Å². The monoisotopic (exact) mass is 433 g/mol. The number of anilines is 1. The maximum absolute atomic E-state index is 12.3.